The topological polar surface area (TPSA) is 53.4 Å². The number of carbonyl (C=O) groups is 1. The van der Waals surface area contributed by atoms with Gasteiger partial charge in [0, 0.05) is 29.4 Å². The third kappa shape index (κ3) is 2.58. The van der Waals surface area contributed by atoms with E-state index in [1.54, 1.807) is 0 Å². The molecule has 2 aromatic rings. The third-order valence-electron chi connectivity index (χ3n) is 4.36. The van der Waals surface area contributed by atoms with Gasteiger partial charge in [0.15, 0.2) is 0 Å². The van der Waals surface area contributed by atoms with Crippen molar-refractivity contribution in [3.8, 4) is 0 Å². The fourth-order valence-electron chi connectivity index (χ4n) is 3.28. The van der Waals surface area contributed by atoms with Crippen LogP contribution in [-0.2, 0) is 4.79 Å². The van der Waals surface area contributed by atoms with Crippen molar-refractivity contribution in [3.63, 3.8) is 0 Å². The summed E-state index contributed by atoms with van der Waals surface area (Å²) in [4.78, 5) is 18.1. The molecule has 0 radical (unpaired) electrons. The maximum atomic E-state index is 11.2. The summed E-state index contributed by atoms with van der Waals surface area (Å²) >= 11 is 0. The summed E-state index contributed by atoms with van der Waals surface area (Å²) in [6.45, 7) is 4.90. The normalized spacial score (nSPS) is 22.5. The van der Waals surface area contributed by atoms with E-state index in [2.05, 4.69) is 28.9 Å². The Morgan fingerprint density at radius 1 is 1.38 bits per heavy atom. The van der Waals surface area contributed by atoms with Crippen LogP contribution in [0.4, 0.5) is 5.69 Å². The molecular weight excluding hydrogens is 264 g/mol. The highest BCUT2D eigenvalue weighted by Crippen LogP contribution is 2.33. The van der Waals surface area contributed by atoms with E-state index in [1.807, 2.05) is 25.1 Å². The molecule has 0 spiro atoms. The van der Waals surface area contributed by atoms with Crippen LogP contribution in [0.25, 0.3) is 10.9 Å². The van der Waals surface area contributed by atoms with Crippen molar-refractivity contribution < 1.29 is 9.90 Å². The quantitative estimate of drug-likeness (QED) is 0.920. The standard InChI is InChI=1S/C17H20N2O2/c1-11-9-16(14-5-3-4-6-15(14)18-11)19-8-7-13(17(20)21)10-12(19)2/h3-6,9,12-13H,7-8,10H2,1-2H3,(H,20,21). The molecule has 0 saturated carbocycles. The predicted octanol–water partition coefficient (Wildman–Crippen LogP) is 3.23. The number of carboxylic acid groups (broad SMARTS) is 1. The minimum absolute atomic E-state index is 0.217. The van der Waals surface area contributed by atoms with Crippen LogP contribution < -0.4 is 4.90 Å². The van der Waals surface area contributed by atoms with Crippen LogP contribution in [0.1, 0.15) is 25.5 Å². The van der Waals surface area contributed by atoms with E-state index >= 15 is 0 Å². The number of hydrogen-bond acceptors (Lipinski definition) is 3. The van der Waals surface area contributed by atoms with Crippen LogP contribution in [0.2, 0.25) is 0 Å². The lowest BCUT2D eigenvalue weighted by Gasteiger charge is -2.38. The molecule has 2 unspecified atom stereocenters. The Bertz CT molecular complexity index is 684. The molecule has 0 aliphatic carbocycles. The Kier molecular flexibility index (Phi) is 3.53. The molecule has 0 bridgehead atoms. The summed E-state index contributed by atoms with van der Waals surface area (Å²) in [5, 5.41) is 10.3. The van der Waals surface area contributed by atoms with Crippen molar-refractivity contribution in [2.75, 3.05) is 11.4 Å². The number of aryl methyl sites for hydroxylation is 1. The fraction of sp³-hybridized carbons (Fsp3) is 0.412. The number of anilines is 1. The molecule has 1 aromatic carbocycles. The highest BCUT2D eigenvalue weighted by atomic mass is 16.4. The average molecular weight is 284 g/mol. The molecule has 4 nitrogen and oxygen atoms in total. The Morgan fingerprint density at radius 2 is 2.14 bits per heavy atom. The Hall–Kier alpha value is -2.10. The average Bonchev–Trinajstić information content (AvgIpc) is 2.46. The maximum absolute atomic E-state index is 11.2. The van der Waals surface area contributed by atoms with E-state index in [-0.39, 0.29) is 12.0 Å². The lowest BCUT2D eigenvalue weighted by Crippen LogP contribution is -2.43. The fourth-order valence-corrected chi connectivity index (χ4v) is 3.28. The molecular formula is C17H20N2O2. The van der Waals surface area contributed by atoms with Gasteiger partial charge in [-0.3, -0.25) is 9.78 Å². The minimum atomic E-state index is -0.669. The molecule has 1 saturated heterocycles. The zero-order valence-electron chi connectivity index (χ0n) is 12.4. The summed E-state index contributed by atoms with van der Waals surface area (Å²) in [5.41, 5.74) is 3.17. The van der Waals surface area contributed by atoms with Crippen LogP contribution in [0.5, 0.6) is 0 Å². The molecule has 4 heteroatoms. The van der Waals surface area contributed by atoms with E-state index in [1.165, 1.54) is 5.69 Å². The third-order valence-corrected chi connectivity index (χ3v) is 4.36. The van der Waals surface area contributed by atoms with Gasteiger partial charge in [-0.15, -0.1) is 0 Å². The molecule has 2 heterocycles. The van der Waals surface area contributed by atoms with Gasteiger partial charge in [0.2, 0.25) is 0 Å². The van der Waals surface area contributed by atoms with Gasteiger partial charge in [-0.05, 0) is 38.8 Å². The second-order valence-corrected chi connectivity index (χ2v) is 5.90. The number of carboxylic acids is 1. The lowest BCUT2D eigenvalue weighted by atomic mass is 9.91. The van der Waals surface area contributed by atoms with Crippen LogP contribution in [0, 0.1) is 12.8 Å². The lowest BCUT2D eigenvalue weighted by molar-refractivity contribution is -0.142. The highest BCUT2D eigenvalue weighted by molar-refractivity contribution is 5.92. The smallest absolute Gasteiger partial charge is 0.306 e. The monoisotopic (exact) mass is 284 g/mol. The number of hydrogen-bond donors (Lipinski definition) is 1. The number of piperidine rings is 1. The minimum Gasteiger partial charge on any atom is -0.481 e. The number of benzene rings is 1. The van der Waals surface area contributed by atoms with Crippen LogP contribution >= 0.6 is 0 Å². The molecule has 110 valence electrons. The van der Waals surface area contributed by atoms with Crippen LogP contribution in [0.15, 0.2) is 30.3 Å². The molecule has 1 aromatic heterocycles. The molecule has 3 rings (SSSR count). The molecule has 21 heavy (non-hydrogen) atoms. The number of nitrogens with zero attached hydrogens (tertiary/aromatic N) is 2. The number of aliphatic carboxylic acids is 1. The number of para-hydroxylation sites is 1. The first-order valence-electron chi connectivity index (χ1n) is 7.42. The second kappa shape index (κ2) is 5.35. The Balaban J connectivity index is 1.99. The first-order valence-corrected chi connectivity index (χ1v) is 7.42. The summed E-state index contributed by atoms with van der Waals surface area (Å²) in [6, 6.07) is 10.5. The Morgan fingerprint density at radius 3 is 2.86 bits per heavy atom. The number of fused-ring (bicyclic) bond motifs is 1. The van der Waals surface area contributed by atoms with Crippen molar-refractivity contribution in [2.24, 2.45) is 5.92 Å². The highest BCUT2D eigenvalue weighted by Gasteiger charge is 2.30. The van der Waals surface area contributed by atoms with Crippen molar-refractivity contribution in [1.29, 1.82) is 0 Å². The van der Waals surface area contributed by atoms with Gasteiger partial charge in [0.1, 0.15) is 0 Å². The molecule has 1 aliphatic rings. The largest absolute Gasteiger partial charge is 0.481 e. The second-order valence-electron chi connectivity index (χ2n) is 5.90. The van der Waals surface area contributed by atoms with Gasteiger partial charge >= 0.3 is 5.97 Å². The van der Waals surface area contributed by atoms with E-state index in [0.29, 0.717) is 12.8 Å². The number of pyridine rings is 1. The summed E-state index contributed by atoms with van der Waals surface area (Å²) < 4.78 is 0. The van der Waals surface area contributed by atoms with Crippen molar-refractivity contribution in [3.05, 3.63) is 36.0 Å². The Labute approximate surface area is 124 Å². The zero-order chi connectivity index (χ0) is 15.0. The van der Waals surface area contributed by atoms with Gasteiger partial charge < -0.3 is 10.0 Å². The van der Waals surface area contributed by atoms with Crippen molar-refractivity contribution in [2.45, 2.75) is 32.7 Å². The molecule has 1 fully saturated rings. The number of aromatic nitrogens is 1. The van der Waals surface area contributed by atoms with Gasteiger partial charge in [-0.1, -0.05) is 18.2 Å². The summed E-state index contributed by atoms with van der Waals surface area (Å²) in [6.07, 6.45) is 1.40. The summed E-state index contributed by atoms with van der Waals surface area (Å²) in [7, 11) is 0. The van der Waals surface area contributed by atoms with Crippen molar-refractivity contribution in [1.82, 2.24) is 4.98 Å². The van der Waals surface area contributed by atoms with Gasteiger partial charge in [0.25, 0.3) is 0 Å². The maximum Gasteiger partial charge on any atom is 0.306 e. The predicted molar refractivity (Wildman–Crippen MR) is 83.6 cm³/mol. The van der Waals surface area contributed by atoms with Gasteiger partial charge in [-0.2, -0.15) is 0 Å². The molecule has 1 N–H and O–H groups in total. The van der Waals surface area contributed by atoms with Gasteiger partial charge in [0.05, 0.1) is 11.4 Å². The summed E-state index contributed by atoms with van der Waals surface area (Å²) in [5.74, 6) is -0.886. The van der Waals surface area contributed by atoms with Gasteiger partial charge in [-0.25, -0.2) is 0 Å². The van der Waals surface area contributed by atoms with Crippen LogP contribution in [-0.4, -0.2) is 28.6 Å². The van der Waals surface area contributed by atoms with E-state index in [0.717, 1.165) is 23.1 Å². The van der Waals surface area contributed by atoms with E-state index in [4.69, 9.17) is 0 Å². The molecule has 1 aliphatic heterocycles. The van der Waals surface area contributed by atoms with E-state index in [9.17, 15) is 9.90 Å². The van der Waals surface area contributed by atoms with E-state index < -0.39 is 5.97 Å². The first-order chi connectivity index (χ1) is 10.1. The van der Waals surface area contributed by atoms with Crippen molar-refractivity contribution >= 4 is 22.6 Å². The zero-order valence-corrected chi connectivity index (χ0v) is 12.4. The first kappa shape index (κ1) is 13.9. The molecule has 2 atom stereocenters. The SMILES string of the molecule is Cc1cc(N2CCC(C(=O)O)CC2C)c2ccccc2n1. The number of rotatable bonds is 2. The van der Waals surface area contributed by atoms with Crippen LogP contribution in [0.3, 0.4) is 0 Å². The molecule has 0 amide bonds.